The third-order valence-corrected chi connectivity index (χ3v) is 4.01. The first-order chi connectivity index (χ1) is 12.1. The van der Waals surface area contributed by atoms with Crippen molar-refractivity contribution in [3.8, 4) is 11.1 Å². The van der Waals surface area contributed by atoms with Crippen LogP contribution in [0.15, 0.2) is 60.9 Å². The van der Waals surface area contributed by atoms with E-state index in [9.17, 15) is 9.18 Å². The molecule has 0 bridgehead atoms. The molecule has 1 heterocycles. The molecule has 3 rings (SSSR count). The quantitative estimate of drug-likeness (QED) is 0.699. The van der Waals surface area contributed by atoms with Gasteiger partial charge in [-0.05, 0) is 47.7 Å². The van der Waals surface area contributed by atoms with Crippen LogP contribution in [-0.4, -0.2) is 22.2 Å². The largest absolute Gasteiger partial charge is 0.352 e. The molecular weight excluding hydrogens is 317 g/mol. The lowest BCUT2D eigenvalue weighted by Crippen LogP contribution is -2.25. The van der Waals surface area contributed by atoms with Crippen molar-refractivity contribution >= 4 is 5.91 Å². The van der Waals surface area contributed by atoms with Crippen molar-refractivity contribution in [2.45, 2.75) is 12.8 Å². The van der Waals surface area contributed by atoms with Gasteiger partial charge in [0.1, 0.15) is 5.82 Å². The Bertz CT molecular complexity index is 855. The summed E-state index contributed by atoms with van der Waals surface area (Å²) in [6, 6.07) is 13.5. The zero-order valence-electron chi connectivity index (χ0n) is 14.1. The molecule has 25 heavy (non-hydrogen) atoms. The van der Waals surface area contributed by atoms with Crippen molar-refractivity contribution in [1.29, 1.82) is 0 Å². The Labute approximate surface area is 146 Å². The molecule has 0 radical (unpaired) electrons. The Morgan fingerprint density at radius 1 is 1.16 bits per heavy atom. The van der Waals surface area contributed by atoms with E-state index in [1.165, 1.54) is 12.1 Å². The summed E-state index contributed by atoms with van der Waals surface area (Å²) >= 11 is 0. The normalized spacial score (nSPS) is 10.6. The maximum absolute atomic E-state index is 13.1. The number of hydrogen-bond acceptors (Lipinski definition) is 2. The molecule has 128 valence electrons. The van der Waals surface area contributed by atoms with Crippen molar-refractivity contribution < 1.29 is 9.18 Å². The Morgan fingerprint density at radius 2 is 1.92 bits per heavy atom. The third kappa shape index (κ3) is 4.32. The standard InChI is InChI=1S/C20H20FN3O/c1-24-14-15(13-23-24)5-4-12-22-20(25)19-7-3-2-6-18(19)16-8-10-17(21)11-9-16/h2-3,6-11,13-14H,4-5,12H2,1H3,(H,22,25). The van der Waals surface area contributed by atoms with Crippen LogP contribution < -0.4 is 5.32 Å². The number of nitrogens with one attached hydrogen (secondary N) is 1. The van der Waals surface area contributed by atoms with Crippen LogP contribution in [0.3, 0.4) is 0 Å². The second kappa shape index (κ2) is 7.75. The van der Waals surface area contributed by atoms with Gasteiger partial charge >= 0.3 is 0 Å². The van der Waals surface area contributed by atoms with Crippen LogP contribution in [0.5, 0.6) is 0 Å². The summed E-state index contributed by atoms with van der Waals surface area (Å²) < 4.78 is 14.9. The maximum Gasteiger partial charge on any atom is 0.251 e. The molecule has 4 nitrogen and oxygen atoms in total. The molecule has 0 saturated carbocycles. The minimum atomic E-state index is -0.291. The second-order valence-electron chi connectivity index (χ2n) is 5.93. The molecule has 0 spiro atoms. The molecule has 0 saturated heterocycles. The fourth-order valence-corrected chi connectivity index (χ4v) is 2.75. The lowest BCUT2D eigenvalue weighted by molar-refractivity contribution is 0.0954. The number of benzene rings is 2. The van der Waals surface area contributed by atoms with Gasteiger partial charge in [0.2, 0.25) is 0 Å². The van der Waals surface area contributed by atoms with Gasteiger partial charge in [-0.25, -0.2) is 4.39 Å². The number of aryl methyl sites for hydroxylation is 2. The van der Waals surface area contributed by atoms with Crippen molar-refractivity contribution in [2.75, 3.05) is 6.54 Å². The van der Waals surface area contributed by atoms with Gasteiger partial charge in [-0.2, -0.15) is 5.10 Å². The highest BCUT2D eigenvalue weighted by molar-refractivity contribution is 6.00. The Morgan fingerprint density at radius 3 is 2.64 bits per heavy atom. The van der Waals surface area contributed by atoms with Gasteiger partial charge in [-0.3, -0.25) is 9.48 Å². The zero-order valence-corrected chi connectivity index (χ0v) is 14.1. The average molecular weight is 337 g/mol. The molecule has 0 aliphatic carbocycles. The SMILES string of the molecule is Cn1cc(CCCNC(=O)c2ccccc2-c2ccc(F)cc2)cn1. The van der Waals surface area contributed by atoms with Gasteiger partial charge in [0.05, 0.1) is 6.20 Å². The number of carbonyl (C=O) groups is 1. The summed E-state index contributed by atoms with van der Waals surface area (Å²) in [5, 5.41) is 7.09. The number of aromatic nitrogens is 2. The number of rotatable bonds is 6. The Hall–Kier alpha value is -2.95. The topological polar surface area (TPSA) is 46.9 Å². The Kier molecular flexibility index (Phi) is 5.23. The zero-order chi connectivity index (χ0) is 17.6. The van der Waals surface area contributed by atoms with Gasteiger partial charge in [-0.15, -0.1) is 0 Å². The summed E-state index contributed by atoms with van der Waals surface area (Å²) in [5.74, 6) is -0.410. The Balaban J connectivity index is 1.63. The number of amides is 1. The van der Waals surface area contributed by atoms with E-state index >= 15 is 0 Å². The van der Waals surface area contributed by atoms with Crippen molar-refractivity contribution in [3.05, 3.63) is 77.9 Å². The predicted octanol–water partition coefficient (Wildman–Crippen LogP) is 3.59. The summed E-state index contributed by atoms with van der Waals surface area (Å²) in [6.45, 7) is 0.589. The summed E-state index contributed by atoms with van der Waals surface area (Å²) in [7, 11) is 1.89. The minimum Gasteiger partial charge on any atom is -0.352 e. The van der Waals surface area contributed by atoms with Gasteiger partial charge in [0, 0.05) is 25.4 Å². The highest BCUT2D eigenvalue weighted by Crippen LogP contribution is 2.23. The first kappa shape index (κ1) is 16.9. The van der Waals surface area contributed by atoms with Crippen molar-refractivity contribution in [3.63, 3.8) is 0 Å². The number of hydrogen-bond donors (Lipinski definition) is 1. The van der Waals surface area contributed by atoms with Crippen LogP contribution >= 0.6 is 0 Å². The van der Waals surface area contributed by atoms with E-state index in [2.05, 4.69) is 10.4 Å². The van der Waals surface area contributed by atoms with E-state index in [1.807, 2.05) is 37.6 Å². The fraction of sp³-hybridized carbons (Fsp3) is 0.200. The monoisotopic (exact) mass is 337 g/mol. The molecule has 1 aromatic heterocycles. The van der Waals surface area contributed by atoms with Gasteiger partial charge in [-0.1, -0.05) is 30.3 Å². The molecule has 0 fully saturated rings. The van der Waals surface area contributed by atoms with E-state index in [0.717, 1.165) is 29.5 Å². The van der Waals surface area contributed by atoms with E-state index in [-0.39, 0.29) is 11.7 Å². The van der Waals surface area contributed by atoms with E-state index in [4.69, 9.17) is 0 Å². The maximum atomic E-state index is 13.1. The van der Waals surface area contributed by atoms with Crippen LogP contribution in [0.25, 0.3) is 11.1 Å². The molecule has 0 atom stereocenters. The van der Waals surface area contributed by atoms with Crippen LogP contribution in [0.4, 0.5) is 4.39 Å². The molecule has 2 aromatic carbocycles. The third-order valence-electron chi connectivity index (χ3n) is 4.01. The van der Waals surface area contributed by atoms with Gasteiger partial charge in [0.15, 0.2) is 0 Å². The second-order valence-corrected chi connectivity index (χ2v) is 5.93. The number of halogens is 1. The molecule has 1 N–H and O–H groups in total. The molecule has 0 aliphatic heterocycles. The molecule has 3 aromatic rings. The molecular formula is C20H20FN3O. The number of carbonyl (C=O) groups excluding carboxylic acids is 1. The first-order valence-corrected chi connectivity index (χ1v) is 8.24. The highest BCUT2D eigenvalue weighted by atomic mass is 19.1. The average Bonchev–Trinajstić information content (AvgIpc) is 3.04. The van der Waals surface area contributed by atoms with E-state index in [0.29, 0.717) is 12.1 Å². The van der Waals surface area contributed by atoms with Crippen LogP contribution in [0, 0.1) is 5.82 Å². The fourth-order valence-electron chi connectivity index (χ4n) is 2.75. The lowest BCUT2D eigenvalue weighted by Gasteiger charge is -2.10. The van der Waals surface area contributed by atoms with Crippen LogP contribution in [0.1, 0.15) is 22.3 Å². The smallest absolute Gasteiger partial charge is 0.251 e. The van der Waals surface area contributed by atoms with Crippen molar-refractivity contribution in [2.24, 2.45) is 7.05 Å². The van der Waals surface area contributed by atoms with Crippen LogP contribution in [-0.2, 0) is 13.5 Å². The van der Waals surface area contributed by atoms with Gasteiger partial charge in [0.25, 0.3) is 5.91 Å². The highest BCUT2D eigenvalue weighted by Gasteiger charge is 2.12. The summed E-state index contributed by atoms with van der Waals surface area (Å²) in [6.07, 6.45) is 5.53. The van der Waals surface area contributed by atoms with Gasteiger partial charge < -0.3 is 5.32 Å². The minimum absolute atomic E-state index is 0.119. The number of nitrogens with zero attached hydrogens (tertiary/aromatic N) is 2. The molecule has 1 amide bonds. The molecule has 0 aliphatic rings. The van der Waals surface area contributed by atoms with E-state index < -0.39 is 0 Å². The lowest BCUT2D eigenvalue weighted by atomic mass is 9.99. The first-order valence-electron chi connectivity index (χ1n) is 8.24. The van der Waals surface area contributed by atoms with Crippen LogP contribution in [0.2, 0.25) is 0 Å². The molecule has 0 unspecified atom stereocenters. The van der Waals surface area contributed by atoms with Crippen molar-refractivity contribution in [1.82, 2.24) is 15.1 Å². The predicted molar refractivity (Wildman–Crippen MR) is 95.7 cm³/mol. The summed E-state index contributed by atoms with van der Waals surface area (Å²) in [4.78, 5) is 12.5. The summed E-state index contributed by atoms with van der Waals surface area (Å²) in [5.41, 5.74) is 3.37. The van der Waals surface area contributed by atoms with E-state index in [1.54, 1.807) is 22.9 Å². The molecule has 5 heteroatoms.